The Balaban J connectivity index is 1.98. The zero-order valence-electron chi connectivity index (χ0n) is 12.9. The number of aromatic nitrogens is 2. The maximum atomic E-state index is 5.72. The largest absolute Gasteiger partial charge is 0.272 e. The van der Waals surface area contributed by atoms with Crippen molar-refractivity contribution in [3.05, 3.63) is 50.4 Å². The fourth-order valence-electron chi connectivity index (χ4n) is 2.65. The third-order valence-electron chi connectivity index (χ3n) is 4.03. The second-order valence-corrected chi connectivity index (χ2v) is 6.75. The van der Waals surface area contributed by atoms with E-state index >= 15 is 0 Å². The van der Waals surface area contributed by atoms with Crippen LogP contribution in [0, 0.1) is 17.4 Å². The normalized spacial score (nSPS) is 12.6. The lowest BCUT2D eigenvalue weighted by atomic mass is 9.99. The fourth-order valence-corrected chi connectivity index (χ4v) is 3.01. The molecule has 3 N–H and O–H groups in total. The zero-order valence-corrected chi connectivity index (χ0v) is 15.0. The van der Waals surface area contributed by atoms with Crippen molar-refractivity contribution in [3.63, 3.8) is 0 Å². The number of halogens is 1. The first-order chi connectivity index (χ1) is 10.0. The van der Waals surface area contributed by atoms with Crippen LogP contribution in [0.3, 0.4) is 0 Å². The van der Waals surface area contributed by atoms with Gasteiger partial charge in [0, 0.05) is 22.4 Å². The molecular weight excluding hydrogens is 375 g/mol. The van der Waals surface area contributed by atoms with Crippen LogP contribution < -0.4 is 11.3 Å². The molecule has 0 aliphatic heterocycles. The summed E-state index contributed by atoms with van der Waals surface area (Å²) in [5.74, 6) is 5.72. The van der Waals surface area contributed by atoms with Gasteiger partial charge in [-0.25, -0.2) is 0 Å². The topological polar surface area (TPSA) is 55.9 Å². The average molecular weight is 398 g/mol. The molecule has 0 radical (unpaired) electrons. The number of hydrazine groups is 1. The molecule has 0 aliphatic carbocycles. The SMILES string of the molecule is Cc1nn(C)c(C)c1CCC(Cc1ccc(I)cc1)NN. The van der Waals surface area contributed by atoms with E-state index in [0.717, 1.165) is 25.0 Å². The quantitative estimate of drug-likeness (QED) is 0.447. The second kappa shape index (κ2) is 7.38. The first-order valence-corrected chi connectivity index (χ1v) is 8.28. The predicted octanol–water partition coefficient (Wildman–Crippen LogP) is 2.65. The van der Waals surface area contributed by atoms with Gasteiger partial charge < -0.3 is 0 Å². The van der Waals surface area contributed by atoms with Crippen LogP contribution >= 0.6 is 22.6 Å². The molecule has 2 rings (SSSR count). The van der Waals surface area contributed by atoms with Crippen molar-refractivity contribution < 1.29 is 0 Å². The van der Waals surface area contributed by atoms with Gasteiger partial charge in [0.25, 0.3) is 0 Å². The number of benzene rings is 1. The van der Waals surface area contributed by atoms with Gasteiger partial charge in [-0.2, -0.15) is 5.10 Å². The molecule has 0 bridgehead atoms. The van der Waals surface area contributed by atoms with Crippen molar-refractivity contribution in [2.45, 2.75) is 39.2 Å². The van der Waals surface area contributed by atoms with Gasteiger partial charge in [0.2, 0.25) is 0 Å². The van der Waals surface area contributed by atoms with E-state index in [1.807, 2.05) is 11.7 Å². The lowest BCUT2D eigenvalue weighted by Gasteiger charge is -2.16. The van der Waals surface area contributed by atoms with Crippen LogP contribution in [0.2, 0.25) is 0 Å². The Labute approximate surface area is 140 Å². The number of nitrogens with one attached hydrogen (secondary N) is 1. The molecule has 4 nitrogen and oxygen atoms in total. The molecule has 5 heteroatoms. The Kier molecular flexibility index (Phi) is 5.78. The minimum atomic E-state index is 0.282. The van der Waals surface area contributed by atoms with Crippen molar-refractivity contribution in [2.75, 3.05) is 0 Å². The highest BCUT2D eigenvalue weighted by Gasteiger charge is 2.13. The first-order valence-electron chi connectivity index (χ1n) is 7.21. The number of nitrogens with zero attached hydrogens (tertiary/aromatic N) is 2. The molecule has 1 unspecified atom stereocenters. The Morgan fingerprint density at radius 1 is 1.29 bits per heavy atom. The van der Waals surface area contributed by atoms with E-state index in [4.69, 9.17) is 5.84 Å². The minimum absolute atomic E-state index is 0.282. The van der Waals surface area contributed by atoms with E-state index < -0.39 is 0 Å². The summed E-state index contributed by atoms with van der Waals surface area (Å²) in [6.45, 7) is 4.20. The molecule has 0 saturated heterocycles. The van der Waals surface area contributed by atoms with Gasteiger partial charge in [-0.1, -0.05) is 12.1 Å². The van der Waals surface area contributed by atoms with E-state index in [9.17, 15) is 0 Å². The Bertz CT molecular complexity index is 589. The standard InChI is InChI=1S/C16H23IN4/c1-11-16(12(2)21(3)20-11)9-8-15(19-18)10-13-4-6-14(17)7-5-13/h4-7,15,19H,8-10,18H2,1-3H3. The summed E-state index contributed by atoms with van der Waals surface area (Å²) in [4.78, 5) is 0. The summed E-state index contributed by atoms with van der Waals surface area (Å²) < 4.78 is 3.21. The summed E-state index contributed by atoms with van der Waals surface area (Å²) >= 11 is 2.32. The Morgan fingerprint density at radius 2 is 1.95 bits per heavy atom. The van der Waals surface area contributed by atoms with Crippen molar-refractivity contribution in [1.29, 1.82) is 0 Å². The third kappa shape index (κ3) is 4.28. The van der Waals surface area contributed by atoms with Crippen molar-refractivity contribution in [3.8, 4) is 0 Å². The highest BCUT2D eigenvalue weighted by Crippen LogP contribution is 2.16. The van der Waals surface area contributed by atoms with E-state index in [-0.39, 0.29) is 6.04 Å². The summed E-state index contributed by atoms with van der Waals surface area (Å²) in [6.07, 6.45) is 2.96. The van der Waals surface area contributed by atoms with Crippen LogP contribution in [0.25, 0.3) is 0 Å². The fraction of sp³-hybridized carbons (Fsp3) is 0.438. The van der Waals surface area contributed by atoms with E-state index in [1.165, 1.54) is 20.4 Å². The van der Waals surface area contributed by atoms with Crippen molar-refractivity contribution >= 4 is 22.6 Å². The maximum Gasteiger partial charge on any atom is 0.0628 e. The van der Waals surface area contributed by atoms with Gasteiger partial charge in [0.1, 0.15) is 0 Å². The molecule has 21 heavy (non-hydrogen) atoms. The molecule has 0 fully saturated rings. The van der Waals surface area contributed by atoms with Gasteiger partial charge in [-0.05, 0) is 79.0 Å². The van der Waals surface area contributed by atoms with E-state index in [1.54, 1.807) is 0 Å². The summed E-state index contributed by atoms with van der Waals surface area (Å²) in [7, 11) is 2.00. The number of aryl methyl sites for hydroxylation is 2. The molecule has 1 heterocycles. The molecule has 1 aromatic carbocycles. The lowest BCUT2D eigenvalue weighted by molar-refractivity contribution is 0.490. The van der Waals surface area contributed by atoms with Crippen LogP contribution in [0.15, 0.2) is 24.3 Å². The molecule has 0 amide bonds. The smallest absolute Gasteiger partial charge is 0.0628 e. The first kappa shape index (κ1) is 16.5. The van der Waals surface area contributed by atoms with Gasteiger partial charge >= 0.3 is 0 Å². The molecule has 1 aromatic heterocycles. The number of nitrogens with two attached hydrogens (primary N) is 1. The van der Waals surface area contributed by atoms with Crippen LogP contribution in [-0.2, 0) is 19.9 Å². The molecule has 0 aliphatic rings. The van der Waals surface area contributed by atoms with Crippen LogP contribution in [-0.4, -0.2) is 15.8 Å². The van der Waals surface area contributed by atoms with Gasteiger partial charge in [-0.15, -0.1) is 0 Å². The highest BCUT2D eigenvalue weighted by atomic mass is 127. The summed E-state index contributed by atoms with van der Waals surface area (Å²) in [5, 5.41) is 4.47. The minimum Gasteiger partial charge on any atom is -0.272 e. The molecular formula is C16H23IN4. The van der Waals surface area contributed by atoms with Crippen LogP contribution in [0.1, 0.15) is 28.9 Å². The Hall–Kier alpha value is -0.920. The maximum absolute atomic E-state index is 5.72. The van der Waals surface area contributed by atoms with Crippen LogP contribution in [0.5, 0.6) is 0 Å². The van der Waals surface area contributed by atoms with E-state index in [0.29, 0.717) is 0 Å². The highest BCUT2D eigenvalue weighted by molar-refractivity contribution is 14.1. The lowest BCUT2D eigenvalue weighted by Crippen LogP contribution is -2.37. The molecule has 1 atom stereocenters. The van der Waals surface area contributed by atoms with Gasteiger partial charge in [-0.3, -0.25) is 16.0 Å². The van der Waals surface area contributed by atoms with Gasteiger partial charge in [0.05, 0.1) is 5.69 Å². The summed E-state index contributed by atoms with van der Waals surface area (Å²) in [6, 6.07) is 8.90. The van der Waals surface area contributed by atoms with Crippen molar-refractivity contribution in [1.82, 2.24) is 15.2 Å². The van der Waals surface area contributed by atoms with Crippen molar-refractivity contribution in [2.24, 2.45) is 12.9 Å². The van der Waals surface area contributed by atoms with Gasteiger partial charge in [0.15, 0.2) is 0 Å². The van der Waals surface area contributed by atoms with Crippen LogP contribution in [0.4, 0.5) is 0 Å². The third-order valence-corrected chi connectivity index (χ3v) is 4.75. The molecule has 114 valence electrons. The average Bonchev–Trinajstić information content (AvgIpc) is 2.71. The summed E-state index contributed by atoms with van der Waals surface area (Å²) in [5.41, 5.74) is 7.99. The number of hydrogen-bond acceptors (Lipinski definition) is 3. The molecule has 0 spiro atoms. The monoisotopic (exact) mass is 398 g/mol. The zero-order chi connectivity index (χ0) is 15.4. The molecule has 2 aromatic rings. The predicted molar refractivity (Wildman–Crippen MR) is 95.0 cm³/mol. The number of rotatable bonds is 6. The molecule has 0 saturated carbocycles. The number of hydrogen-bond donors (Lipinski definition) is 2. The second-order valence-electron chi connectivity index (χ2n) is 5.51. The Morgan fingerprint density at radius 3 is 2.48 bits per heavy atom. The van der Waals surface area contributed by atoms with E-state index in [2.05, 4.69) is 71.2 Å².